The molecule has 1 heterocycles. The summed E-state index contributed by atoms with van der Waals surface area (Å²) in [5.41, 5.74) is 0.402. The van der Waals surface area contributed by atoms with Gasteiger partial charge in [0.1, 0.15) is 6.21 Å². The van der Waals surface area contributed by atoms with Crippen molar-refractivity contribution in [2.24, 2.45) is 4.99 Å². The smallest absolute Gasteiger partial charge is 0.188 e. The summed E-state index contributed by atoms with van der Waals surface area (Å²) in [7, 11) is 0. The van der Waals surface area contributed by atoms with Crippen LogP contribution in [0.4, 0.5) is 0 Å². The monoisotopic (exact) mass is 119 g/mol. The zero-order valence-corrected chi connectivity index (χ0v) is 4.59. The Hall–Kier alpha value is -1.43. The van der Waals surface area contributed by atoms with Gasteiger partial charge < -0.3 is 0 Å². The molecule has 0 bridgehead atoms. The van der Waals surface area contributed by atoms with E-state index in [0.29, 0.717) is 5.57 Å². The first kappa shape index (κ1) is 5.70. The van der Waals surface area contributed by atoms with Crippen LogP contribution in [-0.4, -0.2) is 12.0 Å². The lowest BCUT2D eigenvalue weighted by Crippen LogP contribution is -2.03. The van der Waals surface area contributed by atoms with E-state index in [1.165, 1.54) is 6.20 Å². The van der Waals surface area contributed by atoms with E-state index >= 15 is 0 Å². The summed E-state index contributed by atoms with van der Waals surface area (Å²) in [6.07, 6.45) is 3.71. The van der Waals surface area contributed by atoms with Crippen LogP contribution in [0.3, 0.4) is 0 Å². The molecular weight excluding hydrogens is 116 g/mol. The number of ketones is 1. The van der Waals surface area contributed by atoms with Gasteiger partial charge in [-0.25, -0.2) is 4.99 Å². The molecule has 0 fully saturated rings. The van der Waals surface area contributed by atoms with Gasteiger partial charge in [0.05, 0.1) is 11.6 Å². The Balaban J connectivity index is 2.80. The Morgan fingerprint density at radius 3 is 3.11 bits per heavy atom. The highest BCUT2D eigenvalue weighted by Gasteiger charge is 2.06. The summed E-state index contributed by atoms with van der Waals surface area (Å²) < 4.78 is 0. The van der Waals surface area contributed by atoms with Crippen molar-refractivity contribution in [3.05, 3.63) is 11.8 Å². The summed E-state index contributed by atoms with van der Waals surface area (Å²) >= 11 is 0. The maximum absolute atomic E-state index is 10.4. The van der Waals surface area contributed by atoms with E-state index in [4.69, 9.17) is 5.26 Å². The highest BCUT2D eigenvalue weighted by molar-refractivity contribution is 6.29. The number of carbonyl (C=O) groups is 1. The van der Waals surface area contributed by atoms with E-state index in [1.54, 1.807) is 0 Å². The van der Waals surface area contributed by atoms with Gasteiger partial charge in [-0.3, -0.25) is 4.79 Å². The number of nitrogens with zero attached hydrogens (tertiary/aromatic N) is 2. The van der Waals surface area contributed by atoms with Crippen molar-refractivity contribution in [3.8, 4) is 6.07 Å². The summed E-state index contributed by atoms with van der Waals surface area (Å²) in [5.74, 6) is -0.228. The molecule has 3 nitrogen and oxygen atoms in total. The van der Waals surface area contributed by atoms with Crippen LogP contribution in [0, 0.1) is 11.3 Å². The Morgan fingerprint density at radius 2 is 2.67 bits per heavy atom. The second-order valence-corrected chi connectivity index (χ2v) is 1.61. The molecule has 0 spiro atoms. The normalized spacial score (nSPS) is 16.8. The zero-order chi connectivity index (χ0) is 6.69. The second-order valence-electron chi connectivity index (χ2n) is 1.61. The summed E-state index contributed by atoms with van der Waals surface area (Å²) in [6.45, 7) is 0. The van der Waals surface area contributed by atoms with Crippen molar-refractivity contribution < 1.29 is 4.79 Å². The molecule has 3 heteroatoms. The molecule has 0 N–H and O–H groups in total. The highest BCUT2D eigenvalue weighted by atomic mass is 16.1. The number of aliphatic imine (C=N–C) groups is 1. The third-order valence-electron chi connectivity index (χ3n) is 0.904. The number of rotatable bonds is 0. The largest absolute Gasteiger partial charge is 0.292 e. The van der Waals surface area contributed by atoms with Crippen LogP contribution >= 0.6 is 0 Å². The molecule has 0 aromatic rings. The van der Waals surface area contributed by atoms with Crippen molar-refractivity contribution in [1.29, 1.82) is 5.26 Å². The van der Waals surface area contributed by atoms with Gasteiger partial charge in [-0.15, -0.1) is 0 Å². The SMILES string of the molecule is N#CC1=CN=[C]C(=O)C1. The first-order chi connectivity index (χ1) is 4.33. The highest BCUT2D eigenvalue weighted by Crippen LogP contribution is 2.03. The van der Waals surface area contributed by atoms with E-state index in [-0.39, 0.29) is 12.2 Å². The molecule has 0 amide bonds. The molecule has 1 aliphatic heterocycles. The molecule has 43 valence electrons. The maximum Gasteiger partial charge on any atom is 0.188 e. The molecule has 1 radical (unpaired) electrons. The molecule has 0 saturated heterocycles. The maximum atomic E-state index is 10.4. The lowest BCUT2D eigenvalue weighted by Gasteiger charge is -1.94. The summed E-state index contributed by atoms with van der Waals surface area (Å²) in [5, 5.41) is 8.25. The van der Waals surface area contributed by atoms with Gasteiger partial charge in [-0.05, 0) is 0 Å². The number of hydrogen-bond donors (Lipinski definition) is 0. The average Bonchev–Trinajstić information content (AvgIpc) is 1.88. The number of carbonyl (C=O) groups excluding carboxylic acids is 1. The van der Waals surface area contributed by atoms with Crippen LogP contribution in [0.5, 0.6) is 0 Å². The molecule has 1 rings (SSSR count). The van der Waals surface area contributed by atoms with E-state index in [0.717, 1.165) is 0 Å². The first-order valence-electron chi connectivity index (χ1n) is 2.41. The van der Waals surface area contributed by atoms with Crippen molar-refractivity contribution in [1.82, 2.24) is 0 Å². The fourth-order valence-electron chi connectivity index (χ4n) is 0.509. The van der Waals surface area contributed by atoms with E-state index < -0.39 is 0 Å². The topological polar surface area (TPSA) is 53.2 Å². The van der Waals surface area contributed by atoms with Crippen LogP contribution in [0.15, 0.2) is 16.8 Å². The van der Waals surface area contributed by atoms with Gasteiger partial charge in [0.25, 0.3) is 0 Å². The number of Topliss-reactive ketones (excluding diaryl/α,β-unsaturated/α-hetero) is 1. The molecule has 0 aliphatic carbocycles. The Bertz CT molecular complexity index is 232. The summed E-state index contributed by atoms with van der Waals surface area (Å²) in [4.78, 5) is 13.9. The van der Waals surface area contributed by atoms with E-state index in [9.17, 15) is 4.79 Å². The summed E-state index contributed by atoms with van der Waals surface area (Å²) in [6, 6.07) is 1.84. The number of allylic oxidation sites excluding steroid dienone is 1. The predicted octanol–water partition coefficient (Wildman–Crippen LogP) is 0.314. The lowest BCUT2D eigenvalue weighted by atomic mass is 10.1. The van der Waals surface area contributed by atoms with E-state index in [2.05, 4.69) is 11.2 Å². The average molecular weight is 119 g/mol. The molecule has 0 unspecified atom stereocenters. The standard InChI is InChI=1S/C6H3N2O/c7-2-5-1-6(9)4-8-3-5/h3H,1H2. The van der Waals surface area contributed by atoms with Gasteiger partial charge in [-0.2, -0.15) is 5.26 Å². The minimum atomic E-state index is -0.228. The third-order valence-corrected chi connectivity index (χ3v) is 0.904. The van der Waals surface area contributed by atoms with Gasteiger partial charge in [-0.1, -0.05) is 0 Å². The predicted molar refractivity (Wildman–Crippen MR) is 30.8 cm³/mol. The Morgan fingerprint density at radius 1 is 1.89 bits per heavy atom. The van der Waals surface area contributed by atoms with Crippen LogP contribution in [0.2, 0.25) is 0 Å². The molecular formula is C6H3N2O. The van der Waals surface area contributed by atoms with Crippen molar-refractivity contribution in [3.63, 3.8) is 0 Å². The van der Waals surface area contributed by atoms with Crippen molar-refractivity contribution >= 4 is 12.0 Å². The molecule has 0 saturated carbocycles. The first-order valence-corrected chi connectivity index (χ1v) is 2.41. The van der Waals surface area contributed by atoms with Crippen molar-refractivity contribution in [2.75, 3.05) is 0 Å². The molecule has 1 aliphatic rings. The van der Waals surface area contributed by atoms with Crippen LogP contribution in [0.25, 0.3) is 0 Å². The molecule has 9 heavy (non-hydrogen) atoms. The molecule has 0 atom stereocenters. The van der Waals surface area contributed by atoms with Gasteiger partial charge in [0.15, 0.2) is 5.78 Å². The van der Waals surface area contributed by atoms with Crippen LogP contribution in [-0.2, 0) is 4.79 Å². The number of nitriles is 1. The van der Waals surface area contributed by atoms with Crippen LogP contribution < -0.4 is 0 Å². The van der Waals surface area contributed by atoms with Crippen molar-refractivity contribution in [2.45, 2.75) is 6.42 Å². The molecule has 0 aromatic carbocycles. The quantitative estimate of drug-likeness (QED) is 0.461. The molecule has 0 aromatic heterocycles. The van der Waals surface area contributed by atoms with Gasteiger partial charge in [0, 0.05) is 12.6 Å². The zero-order valence-electron chi connectivity index (χ0n) is 4.59. The van der Waals surface area contributed by atoms with E-state index in [1.807, 2.05) is 6.07 Å². The van der Waals surface area contributed by atoms with Crippen LogP contribution in [0.1, 0.15) is 6.42 Å². The third kappa shape index (κ3) is 1.23. The Labute approximate surface area is 52.3 Å². The minimum absolute atomic E-state index is 0.153. The second kappa shape index (κ2) is 2.23. The Kier molecular flexibility index (Phi) is 1.41. The number of hydrogen-bond acceptors (Lipinski definition) is 3. The minimum Gasteiger partial charge on any atom is -0.292 e. The fraction of sp³-hybridized carbons (Fsp3) is 0.167. The van der Waals surface area contributed by atoms with Gasteiger partial charge >= 0.3 is 0 Å². The fourth-order valence-corrected chi connectivity index (χ4v) is 0.509. The van der Waals surface area contributed by atoms with Gasteiger partial charge in [0.2, 0.25) is 0 Å². The lowest BCUT2D eigenvalue weighted by molar-refractivity contribution is -0.112.